The Morgan fingerprint density at radius 2 is 1.30 bits per heavy atom. The lowest BCUT2D eigenvalue weighted by Gasteiger charge is -2.22. The first-order valence-corrected chi connectivity index (χ1v) is 4.83. The van der Waals surface area contributed by atoms with Crippen LogP contribution in [0.25, 0.3) is 0 Å². The fraction of sp³-hybridized carbons (Fsp3) is 1.00. The van der Waals surface area contributed by atoms with Crippen molar-refractivity contribution < 1.29 is 18.0 Å². The van der Waals surface area contributed by atoms with Gasteiger partial charge in [0.1, 0.15) is 0 Å². The van der Waals surface area contributed by atoms with Crippen LogP contribution in [0.1, 0.15) is 6.92 Å². The zero-order valence-corrected chi connectivity index (χ0v) is 7.84. The molecule has 0 aromatic rings. The molecule has 0 amide bonds. The Morgan fingerprint density at radius 3 is 1.30 bits per heavy atom. The van der Waals surface area contributed by atoms with Crippen LogP contribution in [0.5, 0.6) is 0 Å². The molecule has 0 saturated heterocycles. The van der Waals surface area contributed by atoms with Crippen molar-refractivity contribution in [3.63, 3.8) is 0 Å². The monoisotopic (exact) mass is 170 g/mol. The maximum atomic E-state index is 5.08. The minimum atomic E-state index is -2.19. The minimum Gasteiger partial charge on any atom is -0.377 e. The van der Waals surface area contributed by atoms with Crippen molar-refractivity contribution in [1.29, 1.82) is 0 Å². The van der Waals surface area contributed by atoms with Gasteiger partial charge in [-0.1, -0.05) is 6.92 Å². The number of rotatable bonds is 4. The molecule has 0 radical (unpaired) electrons. The molecule has 10 heavy (non-hydrogen) atoms. The quantitative estimate of drug-likeness (QED) is 0.590. The van der Waals surface area contributed by atoms with E-state index < -0.39 is 8.80 Å². The average Bonchev–Trinajstić information content (AvgIpc) is 1.95. The Hall–Kier alpha value is 0.0269. The van der Waals surface area contributed by atoms with E-state index in [1.165, 1.54) is 0 Å². The molecule has 0 aliphatic carbocycles. The molecule has 0 fully saturated rings. The second-order valence-electron chi connectivity index (χ2n) is 1.65. The van der Waals surface area contributed by atoms with Gasteiger partial charge in [0.05, 0.1) is 0 Å². The molecule has 3 nitrogen and oxygen atoms in total. The van der Waals surface area contributed by atoms with Crippen molar-refractivity contribution >= 4 is 8.80 Å². The summed E-state index contributed by atoms with van der Waals surface area (Å²) in [5.41, 5.74) is 0. The molecular weight excluding hydrogens is 155 g/mol. The van der Waals surface area contributed by atoms with E-state index in [2.05, 4.69) is 0 Å². The lowest BCUT2D eigenvalue weighted by molar-refractivity contribution is 0.125. The van der Waals surface area contributed by atoms with E-state index in [-0.39, 0.29) is 4.70 Å². The van der Waals surface area contributed by atoms with Crippen LogP contribution in [0.2, 0.25) is 6.04 Å². The van der Waals surface area contributed by atoms with Crippen LogP contribution >= 0.6 is 0 Å². The first-order valence-electron chi connectivity index (χ1n) is 2.90. The van der Waals surface area contributed by atoms with Crippen LogP contribution in [0.4, 0.5) is 4.70 Å². The highest BCUT2D eigenvalue weighted by atomic mass is 28.4. The van der Waals surface area contributed by atoms with Gasteiger partial charge in [0, 0.05) is 27.4 Å². The summed E-state index contributed by atoms with van der Waals surface area (Å²) >= 11 is 0. The molecule has 0 N–H and O–H groups in total. The van der Waals surface area contributed by atoms with Crippen LogP contribution in [0, 0.1) is 0 Å². The largest absolute Gasteiger partial charge is 0.499 e. The lowest BCUT2D eigenvalue weighted by Crippen LogP contribution is -2.41. The summed E-state index contributed by atoms with van der Waals surface area (Å²) in [7, 11) is 2.65. The van der Waals surface area contributed by atoms with Gasteiger partial charge in [-0.3, -0.25) is 4.70 Å². The molecular formula is C5H15FO3Si. The van der Waals surface area contributed by atoms with Crippen LogP contribution in [-0.4, -0.2) is 30.1 Å². The highest BCUT2D eigenvalue weighted by Gasteiger charge is 2.34. The molecule has 0 spiro atoms. The fourth-order valence-corrected chi connectivity index (χ4v) is 2.05. The second-order valence-corrected chi connectivity index (χ2v) is 4.95. The normalized spacial score (nSPS) is 10.8. The Morgan fingerprint density at radius 1 is 1.00 bits per heavy atom. The van der Waals surface area contributed by atoms with Gasteiger partial charge in [-0.25, -0.2) is 0 Å². The number of hydrogen-bond donors (Lipinski definition) is 0. The number of hydrogen-bond acceptors (Lipinski definition) is 3. The lowest BCUT2D eigenvalue weighted by atomic mass is 11.0. The predicted octanol–water partition coefficient (Wildman–Crippen LogP) is 1.04. The SMILES string of the molecule is CC[Si](OC)(OC)OC.F. The maximum absolute atomic E-state index is 5.08. The van der Waals surface area contributed by atoms with E-state index in [9.17, 15) is 0 Å². The summed E-state index contributed by atoms with van der Waals surface area (Å²) in [5, 5.41) is 0. The maximum Gasteiger partial charge on any atom is 0.499 e. The fourth-order valence-electron chi connectivity index (χ4n) is 0.683. The molecule has 0 aliphatic heterocycles. The van der Waals surface area contributed by atoms with E-state index >= 15 is 0 Å². The molecule has 0 bridgehead atoms. The Kier molecular flexibility index (Phi) is 7.34. The summed E-state index contributed by atoms with van der Waals surface area (Å²) in [6.07, 6.45) is 0. The highest BCUT2D eigenvalue weighted by Crippen LogP contribution is 2.10. The Bertz CT molecular complexity index is 59.8. The van der Waals surface area contributed by atoms with Crippen molar-refractivity contribution in [2.24, 2.45) is 0 Å². The summed E-state index contributed by atoms with van der Waals surface area (Å²) in [5.74, 6) is 0. The Balaban J connectivity index is 0. The molecule has 0 saturated carbocycles. The zero-order valence-electron chi connectivity index (χ0n) is 6.84. The van der Waals surface area contributed by atoms with E-state index in [4.69, 9.17) is 13.3 Å². The summed E-state index contributed by atoms with van der Waals surface area (Å²) in [6.45, 7) is 1.99. The van der Waals surface area contributed by atoms with Crippen molar-refractivity contribution in [3.8, 4) is 0 Å². The Labute approximate surface area is 62.0 Å². The molecule has 5 heteroatoms. The van der Waals surface area contributed by atoms with Gasteiger partial charge in [-0.2, -0.15) is 0 Å². The predicted molar refractivity (Wildman–Crippen MR) is 39.8 cm³/mol. The van der Waals surface area contributed by atoms with Gasteiger partial charge < -0.3 is 13.3 Å². The standard InChI is InChI=1S/C5H14O3Si.FH/c1-5-9(6-2,7-3)8-4;/h5H2,1-4H3;1H. The molecule has 64 valence electrons. The third-order valence-corrected chi connectivity index (χ3v) is 4.10. The first kappa shape index (κ1) is 12.7. The molecule has 0 unspecified atom stereocenters. The van der Waals surface area contributed by atoms with Crippen LogP contribution in [0.3, 0.4) is 0 Å². The first-order chi connectivity index (χ1) is 4.24. The van der Waals surface area contributed by atoms with Gasteiger partial charge in [0.15, 0.2) is 0 Å². The van der Waals surface area contributed by atoms with Gasteiger partial charge >= 0.3 is 8.80 Å². The molecule has 0 atom stereocenters. The zero-order chi connectivity index (χ0) is 7.33. The molecule has 0 aliphatic rings. The third kappa shape index (κ3) is 2.74. The molecule has 0 aromatic heterocycles. The van der Waals surface area contributed by atoms with Crippen molar-refractivity contribution in [2.75, 3.05) is 21.3 Å². The van der Waals surface area contributed by atoms with Gasteiger partial charge in [-0.15, -0.1) is 0 Å². The van der Waals surface area contributed by atoms with E-state index in [0.717, 1.165) is 6.04 Å². The third-order valence-electron chi connectivity index (χ3n) is 1.37. The summed E-state index contributed by atoms with van der Waals surface area (Å²) < 4.78 is 15.2. The van der Waals surface area contributed by atoms with Gasteiger partial charge in [0.25, 0.3) is 0 Å². The van der Waals surface area contributed by atoms with E-state index in [1.54, 1.807) is 21.3 Å². The van der Waals surface area contributed by atoms with E-state index in [1.807, 2.05) is 6.92 Å². The van der Waals surface area contributed by atoms with Crippen LogP contribution < -0.4 is 0 Å². The van der Waals surface area contributed by atoms with Gasteiger partial charge in [0.2, 0.25) is 0 Å². The molecule has 0 rings (SSSR count). The second kappa shape index (κ2) is 5.78. The summed E-state index contributed by atoms with van der Waals surface area (Å²) in [6, 6.07) is 0.816. The highest BCUT2D eigenvalue weighted by molar-refractivity contribution is 6.60. The van der Waals surface area contributed by atoms with E-state index in [0.29, 0.717) is 0 Å². The summed E-state index contributed by atoms with van der Waals surface area (Å²) in [4.78, 5) is 0. The minimum absolute atomic E-state index is 0. The number of halogens is 1. The topological polar surface area (TPSA) is 27.7 Å². The van der Waals surface area contributed by atoms with Crippen LogP contribution in [0.15, 0.2) is 0 Å². The van der Waals surface area contributed by atoms with Crippen LogP contribution in [-0.2, 0) is 13.3 Å². The van der Waals surface area contributed by atoms with Gasteiger partial charge in [-0.05, 0) is 0 Å². The van der Waals surface area contributed by atoms with Crippen molar-refractivity contribution in [3.05, 3.63) is 0 Å². The average molecular weight is 170 g/mol. The molecule has 0 aromatic carbocycles. The molecule has 0 heterocycles. The smallest absolute Gasteiger partial charge is 0.377 e. The van der Waals surface area contributed by atoms with Crippen molar-refractivity contribution in [2.45, 2.75) is 13.0 Å². The van der Waals surface area contributed by atoms with Crippen molar-refractivity contribution in [1.82, 2.24) is 0 Å².